The molecule has 3 atom stereocenters. The maximum absolute atomic E-state index is 9.67. The molecule has 1 heterocycles. The van der Waals surface area contributed by atoms with E-state index in [9.17, 15) is 5.11 Å². The van der Waals surface area contributed by atoms with Gasteiger partial charge in [0.15, 0.2) is 0 Å². The van der Waals surface area contributed by atoms with Crippen LogP contribution in [0.2, 0.25) is 0 Å². The Balaban J connectivity index is 2.18. The monoisotopic (exact) mass is 217 g/mol. The average molecular weight is 217 g/mol. The molecule has 1 aromatic carbocycles. The first-order valence-corrected chi connectivity index (χ1v) is 6.17. The highest BCUT2D eigenvalue weighted by molar-refractivity contribution is 5.44. The van der Waals surface area contributed by atoms with Gasteiger partial charge >= 0.3 is 0 Å². The first-order valence-electron chi connectivity index (χ1n) is 6.17. The normalized spacial score (nSPS) is 36.9. The van der Waals surface area contributed by atoms with Gasteiger partial charge in [0.2, 0.25) is 0 Å². The third kappa shape index (κ3) is 1.23. The number of phenolic OH excluding ortho intramolecular Hbond substituents is 1. The summed E-state index contributed by atoms with van der Waals surface area (Å²) >= 11 is 0. The maximum Gasteiger partial charge on any atom is 0.115 e. The van der Waals surface area contributed by atoms with Gasteiger partial charge in [-0.2, -0.15) is 0 Å². The molecule has 16 heavy (non-hydrogen) atoms. The van der Waals surface area contributed by atoms with Crippen LogP contribution < -0.4 is 5.32 Å². The molecule has 3 rings (SSSR count). The minimum atomic E-state index is 0.238. The van der Waals surface area contributed by atoms with Crippen LogP contribution in [0.4, 0.5) is 0 Å². The highest BCUT2D eigenvalue weighted by Gasteiger charge is 2.45. The zero-order valence-corrected chi connectivity index (χ0v) is 9.96. The molecule has 1 aliphatic carbocycles. The molecule has 2 nitrogen and oxygen atoms in total. The summed E-state index contributed by atoms with van der Waals surface area (Å²) in [6.07, 6.45) is 2.27. The first-order chi connectivity index (χ1) is 7.61. The molecule has 1 fully saturated rings. The standard InChI is InChI=1S/C14H19NO/c1-9-13-7-10-3-4-11(16)8-12(10)14(9,2)5-6-15-13/h3-4,8-9,13,15-16H,5-7H2,1-2H3/t9-,13?,14?/m0/s1. The highest BCUT2D eigenvalue weighted by atomic mass is 16.3. The molecule has 0 saturated carbocycles. The van der Waals surface area contributed by atoms with E-state index in [4.69, 9.17) is 0 Å². The maximum atomic E-state index is 9.67. The predicted octanol–water partition coefficient (Wildman–Crippen LogP) is 2.20. The Kier molecular flexibility index (Phi) is 2.05. The van der Waals surface area contributed by atoms with Gasteiger partial charge in [0.25, 0.3) is 0 Å². The third-order valence-corrected chi connectivity index (χ3v) is 4.81. The van der Waals surface area contributed by atoms with E-state index in [2.05, 4.69) is 25.2 Å². The SMILES string of the molecule is C[C@H]1C2Cc3ccc(O)cc3C1(C)CCN2. The van der Waals surface area contributed by atoms with E-state index in [0.29, 0.717) is 17.7 Å². The van der Waals surface area contributed by atoms with Crippen molar-refractivity contribution in [3.63, 3.8) is 0 Å². The Morgan fingerprint density at radius 1 is 1.44 bits per heavy atom. The van der Waals surface area contributed by atoms with E-state index in [-0.39, 0.29) is 5.41 Å². The van der Waals surface area contributed by atoms with Gasteiger partial charge in [-0.25, -0.2) is 0 Å². The van der Waals surface area contributed by atoms with Gasteiger partial charge in [-0.15, -0.1) is 0 Å². The second-order valence-corrected chi connectivity index (χ2v) is 5.56. The third-order valence-electron chi connectivity index (χ3n) is 4.81. The molecule has 0 aromatic heterocycles. The fourth-order valence-electron chi connectivity index (χ4n) is 3.51. The molecule has 2 unspecified atom stereocenters. The highest BCUT2D eigenvalue weighted by Crippen LogP contribution is 2.46. The van der Waals surface area contributed by atoms with E-state index in [1.54, 1.807) is 0 Å². The summed E-state index contributed by atoms with van der Waals surface area (Å²) in [5.41, 5.74) is 3.02. The Labute approximate surface area is 96.7 Å². The Bertz CT molecular complexity index is 429. The molecular formula is C14H19NO. The molecule has 0 spiro atoms. The minimum absolute atomic E-state index is 0.238. The molecule has 2 N–H and O–H groups in total. The number of benzene rings is 1. The van der Waals surface area contributed by atoms with Gasteiger partial charge in [-0.05, 0) is 54.0 Å². The van der Waals surface area contributed by atoms with E-state index in [1.165, 1.54) is 17.5 Å². The quantitative estimate of drug-likeness (QED) is 0.698. The lowest BCUT2D eigenvalue weighted by molar-refractivity contribution is 0.158. The van der Waals surface area contributed by atoms with Crippen LogP contribution in [0.25, 0.3) is 0 Å². The molecule has 86 valence electrons. The molecular weight excluding hydrogens is 198 g/mol. The zero-order chi connectivity index (χ0) is 11.3. The second-order valence-electron chi connectivity index (χ2n) is 5.56. The average Bonchev–Trinajstić information content (AvgIpc) is 2.25. The van der Waals surface area contributed by atoms with Gasteiger partial charge in [-0.3, -0.25) is 0 Å². The lowest BCUT2D eigenvalue weighted by Crippen LogP contribution is -2.56. The fraction of sp³-hybridized carbons (Fsp3) is 0.571. The van der Waals surface area contributed by atoms with Crippen molar-refractivity contribution in [2.45, 2.75) is 38.1 Å². The summed E-state index contributed by atoms with van der Waals surface area (Å²) in [6, 6.07) is 6.49. The summed E-state index contributed by atoms with van der Waals surface area (Å²) in [5.74, 6) is 1.06. The summed E-state index contributed by atoms with van der Waals surface area (Å²) in [6.45, 7) is 5.79. The van der Waals surface area contributed by atoms with Crippen molar-refractivity contribution < 1.29 is 5.11 Å². The summed E-state index contributed by atoms with van der Waals surface area (Å²) in [7, 11) is 0. The molecule has 1 aliphatic heterocycles. The number of fused-ring (bicyclic) bond motifs is 4. The number of hydrogen-bond acceptors (Lipinski definition) is 2. The van der Waals surface area contributed by atoms with Gasteiger partial charge in [0, 0.05) is 6.04 Å². The number of phenols is 1. The number of nitrogens with one attached hydrogen (secondary N) is 1. The number of aromatic hydroxyl groups is 1. The smallest absolute Gasteiger partial charge is 0.115 e. The first kappa shape index (κ1) is 10.2. The summed E-state index contributed by atoms with van der Waals surface area (Å²) < 4.78 is 0. The molecule has 0 amide bonds. The van der Waals surface area contributed by atoms with Crippen LogP contribution in [0, 0.1) is 5.92 Å². The largest absolute Gasteiger partial charge is 0.508 e. The van der Waals surface area contributed by atoms with Crippen LogP contribution in [0.1, 0.15) is 31.4 Å². The number of hydrogen-bond donors (Lipinski definition) is 2. The number of piperidine rings is 1. The lowest BCUT2D eigenvalue weighted by atomic mass is 9.59. The van der Waals surface area contributed by atoms with Crippen molar-refractivity contribution in [3.8, 4) is 5.75 Å². The van der Waals surface area contributed by atoms with Crippen molar-refractivity contribution in [3.05, 3.63) is 29.3 Å². The van der Waals surface area contributed by atoms with Crippen LogP contribution in [0.15, 0.2) is 18.2 Å². The second kappa shape index (κ2) is 3.24. The molecule has 2 aliphatic rings. The van der Waals surface area contributed by atoms with E-state index in [0.717, 1.165) is 13.0 Å². The Morgan fingerprint density at radius 3 is 3.06 bits per heavy atom. The van der Waals surface area contributed by atoms with E-state index >= 15 is 0 Å². The van der Waals surface area contributed by atoms with Crippen molar-refractivity contribution in [1.29, 1.82) is 0 Å². The Hall–Kier alpha value is -1.02. The molecule has 1 saturated heterocycles. The molecule has 0 radical (unpaired) electrons. The van der Waals surface area contributed by atoms with Crippen molar-refractivity contribution >= 4 is 0 Å². The van der Waals surface area contributed by atoms with E-state index < -0.39 is 0 Å². The zero-order valence-electron chi connectivity index (χ0n) is 9.96. The van der Waals surface area contributed by atoms with Gasteiger partial charge in [0.05, 0.1) is 0 Å². The summed E-state index contributed by atoms with van der Waals surface area (Å²) in [4.78, 5) is 0. The van der Waals surface area contributed by atoms with Crippen LogP contribution in [0.3, 0.4) is 0 Å². The molecule has 1 aromatic rings. The minimum Gasteiger partial charge on any atom is -0.508 e. The van der Waals surface area contributed by atoms with Crippen molar-refractivity contribution in [2.24, 2.45) is 5.92 Å². The van der Waals surface area contributed by atoms with Crippen LogP contribution >= 0.6 is 0 Å². The van der Waals surface area contributed by atoms with Crippen LogP contribution in [0.5, 0.6) is 5.75 Å². The number of rotatable bonds is 0. The van der Waals surface area contributed by atoms with Gasteiger partial charge < -0.3 is 10.4 Å². The van der Waals surface area contributed by atoms with Crippen LogP contribution in [-0.4, -0.2) is 17.7 Å². The van der Waals surface area contributed by atoms with Crippen molar-refractivity contribution in [2.75, 3.05) is 6.54 Å². The molecule has 2 bridgehead atoms. The van der Waals surface area contributed by atoms with Crippen molar-refractivity contribution in [1.82, 2.24) is 5.32 Å². The predicted molar refractivity (Wildman–Crippen MR) is 64.7 cm³/mol. The van der Waals surface area contributed by atoms with E-state index in [1.807, 2.05) is 12.1 Å². The van der Waals surface area contributed by atoms with Gasteiger partial charge in [0.1, 0.15) is 5.75 Å². The Morgan fingerprint density at radius 2 is 2.25 bits per heavy atom. The summed E-state index contributed by atoms with van der Waals surface area (Å²) in [5, 5.41) is 13.3. The van der Waals surface area contributed by atoms with Crippen LogP contribution in [-0.2, 0) is 11.8 Å². The lowest BCUT2D eigenvalue weighted by Gasteiger charge is -2.50. The topological polar surface area (TPSA) is 32.3 Å². The molecule has 2 heteroatoms. The fourth-order valence-corrected chi connectivity index (χ4v) is 3.51. The van der Waals surface area contributed by atoms with Gasteiger partial charge in [-0.1, -0.05) is 19.9 Å².